The fourth-order valence-electron chi connectivity index (χ4n) is 2.86. The zero-order valence-electron chi connectivity index (χ0n) is 16.0. The molecule has 1 fully saturated rings. The number of ether oxygens (including phenoxy) is 1. The predicted octanol–water partition coefficient (Wildman–Crippen LogP) is 0.364. The molecule has 1 rings (SSSR count). The number of methoxy groups -OCH3 is 1. The van der Waals surface area contributed by atoms with Gasteiger partial charge < -0.3 is 15.0 Å². The molecule has 0 amide bonds. The van der Waals surface area contributed by atoms with Gasteiger partial charge in [0.25, 0.3) is 0 Å². The zero-order chi connectivity index (χ0) is 19.0. The second-order valence-corrected chi connectivity index (χ2v) is 8.69. The van der Waals surface area contributed by atoms with Crippen LogP contribution in [0.15, 0.2) is 4.99 Å². The van der Waals surface area contributed by atoms with Gasteiger partial charge in [-0.25, -0.2) is 12.7 Å². The molecular weight excluding hydrogens is 344 g/mol. The van der Waals surface area contributed by atoms with E-state index >= 15 is 0 Å². The van der Waals surface area contributed by atoms with E-state index in [9.17, 15) is 13.2 Å². The summed E-state index contributed by atoms with van der Waals surface area (Å²) in [4.78, 5) is 18.5. The van der Waals surface area contributed by atoms with Crippen molar-refractivity contribution in [2.45, 2.75) is 27.2 Å². The number of likely N-dealkylation sites (tertiary alicyclic amines) is 1. The number of guanidine groups is 1. The summed E-state index contributed by atoms with van der Waals surface area (Å²) in [5.74, 6) is 0.751. The number of nitrogens with zero attached hydrogens (tertiary/aromatic N) is 3. The minimum absolute atomic E-state index is 0.107. The van der Waals surface area contributed by atoms with E-state index in [0.29, 0.717) is 26.1 Å². The highest BCUT2D eigenvalue weighted by Gasteiger charge is 2.36. The molecule has 146 valence electrons. The largest absolute Gasteiger partial charge is 0.469 e. The minimum Gasteiger partial charge on any atom is -0.469 e. The van der Waals surface area contributed by atoms with Crippen LogP contribution in [-0.2, 0) is 19.6 Å². The van der Waals surface area contributed by atoms with Gasteiger partial charge in [-0.05, 0) is 26.2 Å². The fourth-order valence-corrected chi connectivity index (χ4v) is 3.71. The normalized spacial score (nSPS) is 21.7. The lowest BCUT2D eigenvalue weighted by molar-refractivity contribution is -0.145. The molecule has 0 aromatic heterocycles. The van der Waals surface area contributed by atoms with Crippen LogP contribution < -0.4 is 5.32 Å². The van der Waals surface area contributed by atoms with E-state index in [4.69, 9.17) is 4.74 Å². The van der Waals surface area contributed by atoms with Gasteiger partial charge in [0.1, 0.15) is 0 Å². The summed E-state index contributed by atoms with van der Waals surface area (Å²) in [6.07, 6.45) is 0.647. The molecule has 1 saturated heterocycles. The molecule has 1 N–H and O–H groups in total. The molecule has 1 aliphatic rings. The van der Waals surface area contributed by atoms with Crippen LogP contribution in [0.3, 0.4) is 0 Å². The first kappa shape index (κ1) is 21.7. The third-order valence-corrected chi connectivity index (χ3v) is 6.34. The highest BCUT2D eigenvalue weighted by Crippen LogP contribution is 2.24. The lowest BCUT2D eigenvalue weighted by Crippen LogP contribution is -2.40. The SMILES string of the molecule is CCNC(=NCCCN(C)S(=O)(=O)CC)N1CC(C)C(C(=O)OC)C1. The standard InChI is InChI=1S/C16H32N4O4S/c1-6-17-16(18-9-8-10-19(4)25(22,23)7-2)20-11-13(3)14(12-20)15(21)24-5/h13-14H,6-12H2,1-5H3,(H,17,18). The van der Waals surface area contributed by atoms with E-state index < -0.39 is 10.0 Å². The first-order valence-corrected chi connectivity index (χ1v) is 10.4. The Kier molecular flexibility index (Phi) is 8.64. The Bertz CT molecular complexity index is 564. The Morgan fingerprint density at radius 3 is 2.60 bits per heavy atom. The van der Waals surface area contributed by atoms with Crippen molar-refractivity contribution in [3.05, 3.63) is 0 Å². The third-order valence-electron chi connectivity index (χ3n) is 4.48. The monoisotopic (exact) mass is 376 g/mol. The number of aliphatic imine (C=N–C) groups is 1. The van der Waals surface area contributed by atoms with Crippen molar-refractivity contribution >= 4 is 22.0 Å². The molecule has 0 aromatic rings. The van der Waals surface area contributed by atoms with Crippen molar-refractivity contribution in [2.75, 3.05) is 52.6 Å². The van der Waals surface area contributed by atoms with Crippen LogP contribution in [-0.4, -0.2) is 82.2 Å². The van der Waals surface area contributed by atoms with E-state index in [0.717, 1.165) is 19.0 Å². The predicted molar refractivity (Wildman–Crippen MR) is 98.9 cm³/mol. The Balaban J connectivity index is 2.62. The average molecular weight is 377 g/mol. The molecule has 9 heteroatoms. The summed E-state index contributed by atoms with van der Waals surface area (Å²) in [7, 11) is -0.136. The molecule has 0 aliphatic carbocycles. The highest BCUT2D eigenvalue weighted by molar-refractivity contribution is 7.89. The van der Waals surface area contributed by atoms with Crippen LogP contribution in [0.25, 0.3) is 0 Å². The molecule has 2 unspecified atom stereocenters. The van der Waals surface area contributed by atoms with E-state index in [-0.39, 0.29) is 23.6 Å². The van der Waals surface area contributed by atoms with Crippen molar-refractivity contribution in [2.24, 2.45) is 16.8 Å². The maximum atomic E-state index is 11.8. The summed E-state index contributed by atoms with van der Waals surface area (Å²) in [5, 5.41) is 3.24. The number of esters is 1. The van der Waals surface area contributed by atoms with Crippen LogP contribution in [0, 0.1) is 11.8 Å². The maximum Gasteiger partial charge on any atom is 0.310 e. The van der Waals surface area contributed by atoms with Crippen molar-refractivity contribution in [1.82, 2.24) is 14.5 Å². The number of nitrogens with one attached hydrogen (secondary N) is 1. The van der Waals surface area contributed by atoms with Gasteiger partial charge in [0, 0.05) is 39.8 Å². The van der Waals surface area contributed by atoms with Crippen LogP contribution in [0.4, 0.5) is 0 Å². The first-order valence-electron chi connectivity index (χ1n) is 8.81. The molecule has 0 radical (unpaired) electrons. The van der Waals surface area contributed by atoms with Gasteiger partial charge in [0.15, 0.2) is 5.96 Å². The number of hydrogen-bond acceptors (Lipinski definition) is 5. The van der Waals surface area contributed by atoms with E-state index in [2.05, 4.69) is 15.2 Å². The highest BCUT2D eigenvalue weighted by atomic mass is 32.2. The number of sulfonamides is 1. The number of carbonyl (C=O) groups excluding carboxylic acids is 1. The summed E-state index contributed by atoms with van der Waals surface area (Å²) in [5.41, 5.74) is 0. The Morgan fingerprint density at radius 2 is 2.04 bits per heavy atom. The Morgan fingerprint density at radius 1 is 1.36 bits per heavy atom. The zero-order valence-corrected chi connectivity index (χ0v) is 16.8. The average Bonchev–Trinajstić information content (AvgIpc) is 2.98. The van der Waals surface area contributed by atoms with Crippen molar-refractivity contribution in [1.29, 1.82) is 0 Å². The summed E-state index contributed by atoms with van der Waals surface area (Å²) in [6.45, 7) is 8.71. The van der Waals surface area contributed by atoms with Gasteiger partial charge in [0.2, 0.25) is 10.0 Å². The summed E-state index contributed by atoms with van der Waals surface area (Å²) < 4.78 is 29.7. The fraction of sp³-hybridized carbons (Fsp3) is 0.875. The maximum absolute atomic E-state index is 11.8. The summed E-state index contributed by atoms with van der Waals surface area (Å²) in [6, 6.07) is 0. The van der Waals surface area contributed by atoms with E-state index in [1.807, 2.05) is 13.8 Å². The van der Waals surface area contributed by atoms with Gasteiger partial charge in [-0.2, -0.15) is 0 Å². The van der Waals surface area contributed by atoms with Crippen molar-refractivity contribution in [3.8, 4) is 0 Å². The van der Waals surface area contributed by atoms with E-state index in [1.54, 1.807) is 14.0 Å². The molecule has 8 nitrogen and oxygen atoms in total. The van der Waals surface area contributed by atoms with Crippen molar-refractivity contribution in [3.63, 3.8) is 0 Å². The molecule has 2 atom stereocenters. The van der Waals surface area contributed by atoms with Crippen LogP contribution in [0.1, 0.15) is 27.2 Å². The van der Waals surface area contributed by atoms with Crippen LogP contribution in [0.2, 0.25) is 0 Å². The third kappa shape index (κ3) is 6.14. The van der Waals surface area contributed by atoms with E-state index in [1.165, 1.54) is 11.4 Å². The van der Waals surface area contributed by atoms with Gasteiger partial charge in [-0.3, -0.25) is 9.79 Å². The molecule has 0 aromatic carbocycles. The smallest absolute Gasteiger partial charge is 0.310 e. The Hall–Kier alpha value is -1.35. The molecule has 0 spiro atoms. The Labute approximate surface area is 151 Å². The van der Waals surface area contributed by atoms with Crippen molar-refractivity contribution < 1.29 is 17.9 Å². The second kappa shape index (κ2) is 9.96. The lowest BCUT2D eigenvalue weighted by Gasteiger charge is -2.21. The van der Waals surface area contributed by atoms with Gasteiger partial charge in [0.05, 0.1) is 18.8 Å². The first-order chi connectivity index (χ1) is 11.8. The number of carbonyl (C=O) groups is 1. The molecular formula is C16H32N4O4S. The molecule has 1 heterocycles. The minimum atomic E-state index is -3.14. The number of hydrogen-bond donors (Lipinski definition) is 1. The second-order valence-electron chi connectivity index (χ2n) is 6.32. The quantitative estimate of drug-likeness (QED) is 0.285. The summed E-state index contributed by atoms with van der Waals surface area (Å²) >= 11 is 0. The number of rotatable bonds is 8. The van der Waals surface area contributed by atoms with Gasteiger partial charge in [-0.15, -0.1) is 0 Å². The van der Waals surface area contributed by atoms with Gasteiger partial charge >= 0.3 is 5.97 Å². The lowest BCUT2D eigenvalue weighted by atomic mass is 9.99. The van der Waals surface area contributed by atoms with Crippen LogP contribution >= 0.6 is 0 Å². The van der Waals surface area contributed by atoms with Gasteiger partial charge in [-0.1, -0.05) is 6.92 Å². The molecule has 0 saturated carbocycles. The van der Waals surface area contributed by atoms with Crippen LogP contribution in [0.5, 0.6) is 0 Å². The molecule has 25 heavy (non-hydrogen) atoms. The molecule has 0 bridgehead atoms. The topological polar surface area (TPSA) is 91.3 Å². The molecule has 1 aliphatic heterocycles.